The number of benzene rings is 3. The van der Waals surface area contributed by atoms with Crippen LogP contribution in [-0.2, 0) is 0 Å². The molecule has 0 spiro atoms. The molecule has 0 saturated carbocycles. The van der Waals surface area contributed by atoms with Crippen LogP contribution in [0.15, 0.2) is 75.1 Å². The SMILES string of the molecule is Cc1ccc(Op2oc3ccccc3c3ccccc3o2)c(C)c1. The normalized spacial score (nSPS) is 10.9. The van der Waals surface area contributed by atoms with Crippen LogP contribution in [0, 0.1) is 13.8 Å². The number of rotatable bonds is 2. The topological polar surface area (TPSA) is 35.5 Å². The van der Waals surface area contributed by atoms with Crippen molar-refractivity contribution in [2.24, 2.45) is 0 Å². The molecule has 0 fully saturated rings. The summed E-state index contributed by atoms with van der Waals surface area (Å²) in [5, 5.41) is 2.03. The second-order valence-corrected chi connectivity index (χ2v) is 6.75. The van der Waals surface area contributed by atoms with Crippen LogP contribution in [0.5, 0.6) is 5.75 Å². The smallest absolute Gasteiger partial charge is 0.390 e. The molecule has 0 aliphatic rings. The number of hydrogen-bond acceptors (Lipinski definition) is 3. The van der Waals surface area contributed by atoms with E-state index in [1.54, 1.807) is 0 Å². The predicted octanol–water partition coefficient (Wildman–Crippen LogP) is 6.75. The zero-order valence-corrected chi connectivity index (χ0v) is 14.4. The van der Waals surface area contributed by atoms with E-state index >= 15 is 0 Å². The van der Waals surface area contributed by atoms with Crippen LogP contribution in [-0.4, -0.2) is 0 Å². The molecule has 0 aliphatic carbocycles. The maximum absolute atomic E-state index is 6.06. The molecule has 3 nitrogen and oxygen atoms in total. The lowest BCUT2D eigenvalue weighted by molar-refractivity contribution is 0.496. The molecule has 0 saturated heterocycles. The maximum atomic E-state index is 6.06. The van der Waals surface area contributed by atoms with E-state index in [0.717, 1.165) is 33.3 Å². The Hall–Kier alpha value is -2.64. The van der Waals surface area contributed by atoms with E-state index in [1.807, 2.05) is 67.6 Å². The van der Waals surface area contributed by atoms with Gasteiger partial charge in [-0.15, -0.1) is 0 Å². The number of aryl methyl sites for hydroxylation is 2. The standard InChI is InChI=1S/C20H17O3P/c1-14-11-12-18(15(2)13-14)21-24-22-19-9-5-3-7-16(19)17-8-4-6-10-20(17)23-24/h3-13H,1-2H3. The predicted molar refractivity (Wildman–Crippen MR) is 98.3 cm³/mol. The van der Waals surface area contributed by atoms with E-state index in [9.17, 15) is 0 Å². The average molecular weight is 336 g/mol. The Morgan fingerprint density at radius 2 is 1.33 bits per heavy atom. The van der Waals surface area contributed by atoms with Crippen LogP contribution in [0.25, 0.3) is 21.9 Å². The first-order valence-electron chi connectivity index (χ1n) is 7.80. The molecule has 0 bridgehead atoms. The number of fused-ring (bicyclic) bond motifs is 3. The summed E-state index contributed by atoms with van der Waals surface area (Å²) in [5.74, 6) is 0.781. The maximum Gasteiger partial charge on any atom is 0.453 e. The number of para-hydroxylation sites is 2. The molecule has 0 unspecified atom stereocenters. The van der Waals surface area contributed by atoms with Crippen LogP contribution in [0.1, 0.15) is 11.1 Å². The minimum atomic E-state index is -1.57. The Morgan fingerprint density at radius 1 is 0.750 bits per heavy atom. The van der Waals surface area contributed by atoms with E-state index in [0.29, 0.717) is 0 Å². The molecule has 4 heteroatoms. The molecule has 4 aromatic rings. The van der Waals surface area contributed by atoms with Crippen molar-refractivity contribution in [1.29, 1.82) is 0 Å². The van der Waals surface area contributed by atoms with Crippen molar-refractivity contribution >= 4 is 30.2 Å². The highest BCUT2D eigenvalue weighted by Gasteiger charge is 2.09. The van der Waals surface area contributed by atoms with Crippen LogP contribution >= 0.6 is 8.24 Å². The van der Waals surface area contributed by atoms with Crippen molar-refractivity contribution in [3.05, 3.63) is 77.9 Å². The lowest BCUT2D eigenvalue weighted by atomic mass is 10.1. The Kier molecular flexibility index (Phi) is 3.79. The fourth-order valence-corrected chi connectivity index (χ4v) is 3.85. The van der Waals surface area contributed by atoms with Crippen molar-refractivity contribution in [2.45, 2.75) is 13.8 Å². The van der Waals surface area contributed by atoms with Crippen LogP contribution in [0.4, 0.5) is 0 Å². The summed E-state index contributed by atoms with van der Waals surface area (Å²) in [6.07, 6.45) is 0. The summed E-state index contributed by atoms with van der Waals surface area (Å²) in [7, 11) is -1.57. The molecule has 120 valence electrons. The first kappa shape index (κ1) is 14.9. The van der Waals surface area contributed by atoms with Gasteiger partial charge in [-0.1, -0.05) is 54.1 Å². The monoisotopic (exact) mass is 336 g/mol. The highest BCUT2D eigenvalue weighted by molar-refractivity contribution is 7.32. The molecule has 1 heterocycles. The fraction of sp³-hybridized carbons (Fsp3) is 0.100. The van der Waals surface area contributed by atoms with Gasteiger partial charge in [0, 0.05) is 10.8 Å². The van der Waals surface area contributed by atoms with E-state index in [1.165, 1.54) is 5.56 Å². The van der Waals surface area contributed by atoms with Gasteiger partial charge < -0.3 is 12.9 Å². The fourth-order valence-electron chi connectivity index (χ4n) is 2.74. The quantitative estimate of drug-likeness (QED) is 0.406. The van der Waals surface area contributed by atoms with Crippen molar-refractivity contribution < 1.29 is 12.9 Å². The van der Waals surface area contributed by atoms with E-state index in [4.69, 9.17) is 12.9 Å². The molecule has 0 N–H and O–H groups in total. The lowest BCUT2D eigenvalue weighted by Crippen LogP contribution is -1.84. The van der Waals surface area contributed by atoms with Gasteiger partial charge >= 0.3 is 8.24 Å². The van der Waals surface area contributed by atoms with Gasteiger partial charge in [-0.2, -0.15) is 0 Å². The summed E-state index contributed by atoms with van der Waals surface area (Å²) >= 11 is 0. The molecule has 0 aliphatic heterocycles. The van der Waals surface area contributed by atoms with E-state index in [-0.39, 0.29) is 0 Å². The first-order chi connectivity index (χ1) is 11.7. The van der Waals surface area contributed by atoms with Gasteiger partial charge in [-0.3, -0.25) is 0 Å². The first-order valence-corrected chi connectivity index (χ1v) is 8.90. The van der Waals surface area contributed by atoms with Crippen molar-refractivity contribution in [1.82, 2.24) is 0 Å². The van der Waals surface area contributed by atoms with Gasteiger partial charge in [0.25, 0.3) is 0 Å². The van der Waals surface area contributed by atoms with Gasteiger partial charge in [-0.25, -0.2) is 0 Å². The molecule has 24 heavy (non-hydrogen) atoms. The number of hydrogen-bond donors (Lipinski definition) is 0. The third kappa shape index (κ3) is 2.79. The zero-order valence-electron chi connectivity index (χ0n) is 13.5. The summed E-state index contributed by atoms with van der Waals surface area (Å²) in [6, 6.07) is 21.9. The van der Waals surface area contributed by atoms with Crippen molar-refractivity contribution in [2.75, 3.05) is 0 Å². The van der Waals surface area contributed by atoms with Gasteiger partial charge in [0.15, 0.2) is 0 Å². The average Bonchev–Trinajstić information content (AvgIpc) is 2.74. The molecule has 4 rings (SSSR count). The molecule has 0 amide bonds. The molecule has 3 aromatic carbocycles. The summed E-state index contributed by atoms with van der Waals surface area (Å²) in [5.41, 5.74) is 3.82. The third-order valence-electron chi connectivity index (χ3n) is 3.91. The van der Waals surface area contributed by atoms with Gasteiger partial charge in [-0.05, 0) is 37.6 Å². The molecular weight excluding hydrogens is 319 g/mol. The van der Waals surface area contributed by atoms with Gasteiger partial charge in [0.05, 0.1) is 0 Å². The zero-order chi connectivity index (χ0) is 16.5. The Bertz CT molecular complexity index is 1010. The summed E-state index contributed by atoms with van der Waals surface area (Å²) < 4.78 is 18.2. The summed E-state index contributed by atoms with van der Waals surface area (Å²) in [6.45, 7) is 4.09. The highest BCUT2D eigenvalue weighted by Crippen LogP contribution is 2.37. The van der Waals surface area contributed by atoms with Crippen molar-refractivity contribution in [3.8, 4) is 5.75 Å². The van der Waals surface area contributed by atoms with Crippen LogP contribution in [0.2, 0.25) is 0 Å². The second kappa shape index (κ2) is 6.10. The Labute approximate surface area is 141 Å². The van der Waals surface area contributed by atoms with Gasteiger partial charge in [0.1, 0.15) is 16.9 Å². The third-order valence-corrected chi connectivity index (χ3v) is 4.95. The molecule has 1 aromatic heterocycles. The minimum Gasteiger partial charge on any atom is -0.390 e. The molecular formula is C20H17O3P. The largest absolute Gasteiger partial charge is 0.453 e. The van der Waals surface area contributed by atoms with E-state index < -0.39 is 8.24 Å². The van der Waals surface area contributed by atoms with E-state index in [2.05, 4.69) is 13.0 Å². The van der Waals surface area contributed by atoms with Crippen LogP contribution in [0.3, 0.4) is 0 Å². The Balaban J connectivity index is 1.94. The molecule has 0 atom stereocenters. The van der Waals surface area contributed by atoms with Crippen LogP contribution < -0.4 is 4.52 Å². The summed E-state index contributed by atoms with van der Waals surface area (Å²) in [4.78, 5) is 0. The molecule has 0 radical (unpaired) electrons. The lowest BCUT2D eigenvalue weighted by Gasteiger charge is -2.05. The second-order valence-electron chi connectivity index (χ2n) is 5.76. The Morgan fingerprint density at radius 3 is 1.92 bits per heavy atom. The van der Waals surface area contributed by atoms with Gasteiger partial charge in [0.2, 0.25) is 0 Å². The highest BCUT2D eigenvalue weighted by atomic mass is 31.1. The van der Waals surface area contributed by atoms with Crippen molar-refractivity contribution in [3.63, 3.8) is 0 Å². The minimum absolute atomic E-state index is 0.776.